The Balaban J connectivity index is 1.80. The molecule has 3 rings (SSSR count). The Morgan fingerprint density at radius 3 is 2.57 bits per heavy atom. The minimum atomic E-state index is -0.795. The van der Waals surface area contributed by atoms with E-state index in [1.165, 1.54) is 30.7 Å². The molecule has 8 nitrogen and oxygen atoms in total. The number of hydrogen-bond donors (Lipinski definition) is 1. The normalized spacial score (nSPS) is 14.2. The molecule has 0 unspecified atom stereocenters. The third-order valence-corrected chi connectivity index (χ3v) is 4.77. The Labute approximate surface area is 173 Å². The molecule has 0 radical (unpaired) electrons. The molecule has 1 fully saturated rings. The summed E-state index contributed by atoms with van der Waals surface area (Å²) in [6.07, 6.45) is 5.17. The zero-order valence-electron chi connectivity index (χ0n) is 16.7. The summed E-state index contributed by atoms with van der Waals surface area (Å²) in [5.74, 6) is -1.74. The van der Waals surface area contributed by atoms with Crippen LogP contribution in [0.15, 0.2) is 35.1 Å². The predicted octanol–water partition coefficient (Wildman–Crippen LogP) is 2.38. The second kappa shape index (κ2) is 10.00. The molecule has 1 heterocycles. The minimum Gasteiger partial charge on any atom is -0.481 e. The number of carbonyl (C=O) groups excluding carboxylic acids is 2. The van der Waals surface area contributed by atoms with Gasteiger partial charge in [-0.2, -0.15) is 9.78 Å². The molecule has 0 bridgehead atoms. The van der Waals surface area contributed by atoms with Crippen LogP contribution in [0.1, 0.15) is 49.5 Å². The Morgan fingerprint density at radius 2 is 1.90 bits per heavy atom. The first-order valence-electron chi connectivity index (χ1n) is 9.97. The molecule has 0 atom stereocenters. The lowest BCUT2D eigenvalue weighted by molar-refractivity contribution is -0.124. The maximum Gasteiger partial charge on any atom is 0.362 e. The lowest BCUT2D eigenvalue weighted by atomic mass is 9.95. The van der Waals surface area contributed by atoms with Crippen LogP contribution in [0, 0.1) is 5.82 Å². The average molecular weight is 417 g/mol. The van der Waals surface area contributed by atoms with Gasteiger partial charge in [0.05, 0.1) is 18.4 Å². The molecule has 1 amide bonds. The molecule has 2 aromatic rings. The highest BCUT2D eigenvalue weighted by Crippen LogP contribution is 2.18. The molecular weight excluding hydrogens is 393 g/mol. The van der Waals surface area contributed by atoms with Crippen molar-refractivity contribution in [3.8, 4) is 11.4 Å². The summed E-state index contributed by atoms with van der Waals surface area (Å²) in [5.41, 5.74) is -0.572. The number of carbonyl (C=O) groups is 2. The Kier molecular flexibility index (Phi) is 7.16. The van der Waals surface area contributed by atoms with Gasteiger partial charge in [-0.3, -0.25) is 9.59 Å². The molecule has 1 saturated carbocycles. The van der Waals surface area contributed by atoms with Crippen molar-refractivity contribution >= 4 is 11.9 Å². The van der Waals surface area contributed by atoms with Crippen LogP contribution in [0.2, 0.25) is 0 Å². The predicted molar refractivity (Wildman–Crippen MR) is 106 cm³/mol. The summed E-state index contributed by atoms with van der Waals surface area (Å²) in [6, 6.07) is 6.24. The highest BCUT2D eigenvalue weighted by Gasteiger charge is 2.21. The summed E-state index contributed by atoms with van der Waals surface area (Å²) in [5, 5.41) is 6.94. The number of esters is 1. The first kappa shape index (κ1) is 21.5. The maximum absolute atomic E-state index is 13.2. The zero-order chi connectivity index (χ0) is 21.5. The van der Waals surface area contributed by atoms with Gasteiger partial charge in [0.25, 0.3) is 11.5 Å². The van der Waals surface area contributed by atoms with Gasteiger partial charge in [-0.25, -0.2) is 9.18 Å². The molecule has 0 saturated heterocycles. The van der Waals surface area contributed by atoms with Gasteiger partial charge in [-0.05, 0) is 44.0 Å². The van der Waals surface area contributed by atoms with Crippen LogP contribution in [-0.4, -0.2) is 40.9 Å². The largest absolute Gasteiger partial charge is 0.481 e. The van der Waals surface area contributed by atoms with Crippen LogP contribution < -0.4 is 15.6 Å². The second-order valence-electron chi connectivity index (χ2n) is 7.00. The van der Waals surface area contributed by atoms with E-state index in [0.29, 0.717) is 0 Å². The average Bonchev–Trinajstić information content (AvgIpc) is 2.74. The number of ether oxygens (including phenoxy) is 2. The van der Waals surface area contributed by atoms with Gasteiger partial charge in [0.15, 0.2) is 12.4 Å². The Hall–Kier alpha value is -3.23. The van der Waals surface area contributed by atoms with Gasteiger partial charge in [0.1, 0.15) is 5.82 Å². The second-order valence-corrected chi connectivity index (χ2v) is 7.00. The van der Waals surface area contributed by atoms with Crippen LogP contribution in [0.3, 0.4) is 0 Å². The lowest BCUT2D eigenvalue weighted by Crippen LogP contribution is -2.39. The third-order valence-electron chi connectivity index (χ3n) is 4.77. The number of halogens is 1. The number of nitrogens with zero attached hydrogens (tertiary/aromatic N) is 2. The Morgan fingerprint density at radius 1 is 1.20 bits per heavy atom. The molecular formula is C21H24FN3O5. The molecule has 0 aliphatic heterocycles. The molecule has 1 aliphatic rings. The summed E-state index contributed by atoms with van der Waals surface area (Å²) < 4.78 is 24.6. The van der Waals surface area contributed by atoms with E-state index in [1.54, 1.807) is 6.92 Å². The number of amides is 1. The lowest BCUT2D eigenvalue weighted by Gasteiger charge is -2.22. The summed E-state index contributed by atoms with van der Waals surface area (Å²) in [6.45, 7) is 1.37. The van der Waals surface area contributed by atoms with Crippen molar-refractivity contribution in [2.24, 2.45) is 0 Å². The number of nitrogens with one attached hydrogen (secondary N) is 1. The molecule has 1 aliphatic carbocycles. The number of benzene rings is 1. The van der Waals surface area contributed by atoms with Crippen LogP contribution >= 0.6 is 0 Å². The van der Waals surface area contributed by atoms with Crippen LogP contribution in [0.4, 0.5) is 4.39 Å². The minimum absolute atomic E-state index is 0.0950. The van der Waals surface area contributed by atoms with E-state index in [4.69, 9.17) is 9.47 Å². The van der Waals surface area contributed by atoms with E-state index >= 15 is 0 Å². The smallest absolute Gasteiger partial charge is 0.362 e. The van der Waals surface area contributed by atoms with Crippen molar-refractivity contribution in [1.29, 1.82) is 0 Å². The fourth-order valence-electron chi connectivity index (χ4n) is 3.32. The van der Waals surface area contributed by atoms with Crippen LogP contribution in [0.5, 0.6) is 5.75 Å². The Bertz CT molecular complexity index is 952. The van der Waals surface area contributed by atoms with Gasteiger partial charge in [0, 0.05) is 6.04 Å². The fraction of sp³-hybridized carbons (Fsp3) is 0.429. The third kappa shape index (κ3) is 5.43. The number of hydrogen-bond acceptors (Lipinski definition) is 6. The van der Waals surface area contributed by atoms with Crippen molar-refractivity contribution in [2.75, 3.05) is 13.2 Å². The van der Waals surface area contributed by atoms with Crippen molar-refractivity contribution in [3.63, 3.8) is 0 Å². The molecule has 1 aromatic carbocycles. The molecule has 9 heteroatoms. The van der Waals surface area contributed by atoms with Crippen molar-refractivity contribution in [2.45, 2.75) is 45.1 Å². The van der Waals surface area contributed by atoms with Gasteiger partial charge in [0.2, 0.25) is 5.69 Å². The van der Waals surface area contributed by atoms with E-state index in [1.807, 2.05) is 0 Å². The van der Waals surface area contributed by atoms with Crippen molar-refractivity contribution in [1.82, 2.24) is 15.1 Å². The van der Waals surface area contributed by atoms with E-state index < -0.39 is 17.3 Å². The van der Waals surface area contributed by atoms with Crippen LogP contribution in [0.25, 0.3) is 5.69 Å². The molecule has 160 valence electrons. The standard InChI is InChI=1S/C21H24FN3O5/c1-2-29-21(28)20-17(30-13-18(26)23-15-6-4-3-5-7-15)12-19(27)25(24-20)16-10-8-14(22)9-11-16/h8-12,15H,2-7,13H2,1H3,(H,23,26). The maximum atomic E-state index is 13.2. The van der Waals surface area contributed by atoms with Gasteiger partial charge < -0.3 is 14.8 Å². The van der Waals surface area contributed by atoms with E-state index in [-0.39, 0.29) is 42.3 Å². The molecule has 0 spiro atoms. The highest BCUT2D eigenvalue weighted by molar-refractivity contribution is 5.90. The van der Waals surface area contributed by atoms with Crippen LogP contribution in [-0.2, 0) is 9.53 Å². The molecule has 30 heavy (non-hydrogen) atoms. The topological polar surface area (TPSA) is 99.5 Å². The van der Waals surface area contributed by atoms with E-state index in [9.17, 15) is 18.8 Å². The summed E-state index contributed by atoms with van der Waals surface area (Å²) >= 11 is 0. The highest BCUT2D eigenvalue weighted by atomic mass is 19.1. The van der Waals surface area contributed by atoms with E-state index in [0.717, 1.165) is 36.4 Å². The SMILES string of the molecule is CCOC(=O)c1nn(-c2ccc(F)cc2)c(=O)cc1OCC(=O)NC1CCCCC1. The molecule has 1 N–H and O–H groups in total. The quantitative estimate of drug-likeness (QED) is 0.695. The summed E-state index contributed by atoms with van der Waals surface area (Å²) in [4.78, 5) is 37.0. The van der Waals surface area contributed by atoms with Crippen molar-refractivity contribution in [3.05, 3.63) is 52.2 Å². The first-order chi connectivity index (χ1) is 14.5. The fourth-order valence-corrected chi connectivity index (χ4v) is 3.32. The zero-order valence-corrected chi connectivity index (χ0v) is 16.7. The van der Waals surface area contributed by atoms with Gasteiger partial charge in [-0.15, -0.1) is 0 Å². The summed E-state index contributed by atoms with van der Waals surface area (Å²) in [7, 11) is 0. The molecule has 1 aromatic heterocycles. The number of aromatic nitrogens is 2. The van der Waals surface area contributed by atoms with Gasteiger partial charge >= 0.3 is 5.97 Å². The van der Waals surface area contributed by atoms with Gasteiger partial charge in [-0.1, -0.05) is 19.3 Å². The van der Waals surface area contributed by atoms with E-state index in [2.05, 4.69) is 10.4 Å². The monoisotopic (exact) mass is 417 g/mol. The van der Waals surface area contributed by atoms with Crippen molar-refractivity contribution < 1.29 is 23.5 Å². The first-order valence-corrected chi connectivity index (χ1v) is 9.97. The number of rotatable bonds is 7.